The fraction of sp³-hybridized carbons (Fsp3) is 0.308. The molecule has 5 heteroatoms. The second kappa shape index (κ2) is 5.54. The van der Waals surface area contributed by atoms with E-state index in [9.17, 15) is 4.79 Å². The van der Waals surface area contributed by atoms with Gasteiger partial charge >= 0.3 is 0 Å². The van der Waals surface area contributed by atoms with Gasteiger partial charge in [0.15, 0.2) is 0 Å². The fourth-order valence-electron chi connectivity index (χ4n) is 1.81. The summed E-state index contributed by atoms with van der Waals surface area (Å²) in [6, 6.07) is 7.55. The zero-order chi connectivity index (χ0) is 13.1. The molecule has 0 fully saturated rings. The zero-order valence-electron chi connectivity index (χ0n) is 10.0. The molecule has 0 saturated heterocycles. The molecule has 0 saturated carbocycles. The van der Waals surface area contributed by atoms with E-state index in [1.807, 2.05) is 31.2 Å². The summed E-state index contributed by atoms with van der Waals surface area (Å²) in [6.07, 6.45) is 0.551. The van der Waals surface area contributed by atoms with Gasteiger partial charge in [0.1, 0.15) is 5.69 Å². The van der Waals surface area contributed by atoms with E-state index in [-0.39, 0.29) is 18.6 Å². The van der Waals surface area contributed by atoms with Crippen LogP contribution in [0.3, 0.4) is 0 Å². The number of hydrogen-bond donors (Lipinski definition) is 3. The Morgan fingerprint density at radius 1 is 1.56 bits per heavy atom. The Balaban J connectivity index is 2.21. The van der Waals surface area contributed by atoms with Crippen LogP contribution in [0, 0.1) is 0 Å². The number of carbonyl (C=O) groups is 1. The minimum Gasteiger partial charge on any atom is -0.396 e. The number of rotatable bonds is 4. The van der Waals surface area contributed by atoms with Gasteiger partial charge in [0, 0.05) is 28.0 Å². The van der Waals surface area contributed by atoms with Crippen molar-refractivity contribution in [2.24, 2.45) is 0 Å². The molecule has 0 aliphatic carbocycles. The molecule has 0 bridgehead atoms. The number of aliphatic hydroxyl groups excluding tert-OH is 1. The molecule has 1 heterocycles. The first-order valence-electron chi connectivity index (χ1n) is 5.80. The van der Waals surface area contributed by atoms with Crippen LogP contribution in [0.5, 0.6) is 0 Å². The van der Waals surface area contributed by atoms with E-state index >= 15 is 0 Å². The van der Waals surface area contributed by atoms with Gasteiger partial charge in [-0.15, -0.1) is 0 Å². The van der Waals surface area contributed by atoms with E-state index in [4.69, 9.17) is 5.11 Å². The summed E-state index contributed by atoms with van der Waals surface area (Å²) in [6.45, 7) is 1.94. The Morgan fingerprint density at radius 2 is 2.33 bits per heavy atom. The van der Waals surface area contributed by atoms with Crippen LogP contribution >= 0.6 is 15.9 Å². The number of amides is 1. The van der Waals surface area contributed by atoms with Gasteiger partial charge in [-0.25, -0.2) is 0 Å². The van der Waals surface area contributed by atoms with Crippen molar-refractivity contribution in [1.82, 2.24) is 10.3 Å². The number of aliphatic hydroxyl groups is 1. The molecule has 3 N–H and O–H groups in total. The molecule has 0 spiro atoms. The summed E-state index contributed by atoms with van der Waals surface area (Å²) in [7, 11) is 0. The standard InChI is InChI=1S/C13H15BrN2O2/c1-8(5-6-17)15-13(18)12-7-9-10(14)3-2-4-11(9)16-12/h2-4,7-8,16-17H,5-6H2,1H3,(H,15,18). The van der Waals surface area contributed by atoms with Crippen molar-refractivity contribution >= 4 is 32.7 Å². The molecule has 2 rings (SSSR count). The first-order valence-corrected chi connectivity index (χ1v) is 6.60. The molecule has 0 aliphatic heterocycles. The lowest BCUT2D eigenvalue weighted by Crippen LogP contribution is -2.33. The number of benzene rings is 1. The zero-order valence-corrected chi connectivity index (χ0v) is 11.6. The van der Waals surface area contributed by atoms with E-state index in [1.54, 1.807) is 0 Å². The summed E-state index contributed by atoms with van der Waals surface area (Å²) >= 11 is 3.45. The van der Waals surface area contributed by atoms with Crippen LogP contribution in [0.4, 0.5) is 0 Å². The third-order valence-electron chi connectivity index (χ3n) is 2.80. The average Bonchev–Trinajstić information content (AvgIpc) is 2.74. The van der Waals surface area contributed by atoms with Gasteiger partial charge in [-0.3, -0.25) is 4.79 Å². The first-order chi connectivity index (χ1) is 8.61. The second-order valence-corrected chi connectivity index (χ2v) is 5.13. The first kappa shape index (κ1) is 13.1. The maximum atomic E-state index is 12.0. The summed E-state index contributed by atoms with van der Waals surface area (Å²) in [5, 5.41) is 12.6. The number of nitrogens with one attached hydrogen (secondary N) is 2. The van der Waals surface area contributed by atoms with E-state index in [0.717, 1.165) is 15.4 Å². The van der Waals surface area contributed by atoms with Crippen LogP contribution in [0.25, 0.3) is 10.9 Å². The summed E-state index contributed by atoms with van der Waals surface area (Å²) in [4.78, 5) is 15.1. The maximum Gasteiger partial charge on any atom is 0.267 e. The van der Waals surface area contributed by atoms with Crippen LogP contribution in [0.15, 0.2) is 28.7 Å². The Bertz CT molecular complexity index is 565. The third kappa shape index (κ3) is 2.73. The summed E-state index contributed by atoms with van der Waals surface area (Å²) in [5.41, 5.74) is 1.45. The highest BCUT2D eigenvalue weighted by molar-refractivity contribution is 9.10. The summed E-state index contributed by atoms with van der Waals surface area (Å²) in [5.74, 6) is -0.154. The largest absolute Gasteiger partial charge is 0.396 e. The molecule has 1 aromatic heterocycles. The Labute approximate surface area is 114 Å². The van der Waals surface area contributed by atoms with Crippen LogP contribution in [0.2, 0.25) is 0 Å². The monoisotopic (exact) mass is 310 g/mol. The van der Waals surface area contributed by atoms with Crippen LogP contribution < -0.4 is 5.32 Å². The number of aromatic nitrogens is 1. The minimum atomic E-state index is -0.154. The SMILES string of the molecule is CC(CCO)NC(=O)c1cc2c(Br)cccc2[nH]1. The Hall–Kier alpha value is -1.33. The number of hydrogen-bond acceptors (Lipinski definition) is 2. The summed E-state index contributed by atoms with van der Waals surface area (Å²) < 4.78 is 0.957. The van der Waals surface area contributed by atoms with E-state index in [0.29, 0.717) is 12.1 Å². The van der Waals surface area contributed by atoms with Gasteiger partial charge in [-0.2, -0.15) is 0 Å². The van der Waals surface area contributed by atoms with E-state index < -0.39 is 0 Å². The second-order valence-electron chi connectivity index (χ2n) is 4.27. The molecule has 1 unspecified atom stereocenters. The predicted octanol–water partition coefficient (Wildman–Crippen LogP) is 2.43. The maximum absolute atomic E-state index is 12.0. The van der Waals surface area contributed by atoms with Gasteiger partial charge in [-0.05, 0) is 31.5 Å². The molecule has 0 radical (unpaired) electrons. The average molecular weight is 311 g/mol. The molecule has 1 amide bonds. The molecule has 4 nitrogen and oxygen atoms in total. The van der Waals surface area contributed by atoms with Crippen molar-refractivity contribution in [3.63, 3.8) is 0 Å². The van der Waals surface area contributed by atoms with Crippen molar-refractivity contribution in [1.29, 1.82) is 0 Å². The molecular formula is C13H15BrN2O2. The Kier molecular flexibility index (Phi) is 4.04. The predicted molar refractivity (Wildman–Crippen MR) is 74.6 cm³/mol. The molecule has 18 heavy (non-hydrogen) atoms. The lowest BCUT2D eigenvalue weighted by Gasteiger charge is -2.11. The van der Waals surface area contributed by atoms with E-state index in [1.165, 1.54) is 0 Å². The molecule has 1 atom stereocenters. The lowest BCUT2D eigenvalue weighted by atomic mass is 10.2. The van der Waals surface area contributed by atoms with Gasteiger partial charge in [0.25, 0.3) is 5.91 Å². The van der Waals surface area contributed by atoms with Crippen molar-refractivity contribution in [2.45, 2.75) is 19.4 Å². The van der Waals surface area contributed by atoms with Crippen LogP contribution in [0.1, 0.15) is 23.8 Å². The van der Waals surface area contributed by atoms with Crippen LogP contribution in [-0.2, 0) is 0 Å². The number of aromatic amines is 1. The molecule has 0 aliphatic rings. The van der Waals surface area contributed by atoms with Crippen LogP contribution in [-0.4, -0.2) is 28.6 Å². The Morgan fingerprint density at radius 3 is 3.00 bits per heavy atom. The number of carbonyl (C=O) groups excluding carboxylic acids is 1. The van der Waals surface area contributed by atoms with Crippen molar-refractivity contribution in [3.8, 4) is 0 Å². The topological polar surface area (TPSA) is 65.1 Å². The molecule has 1 aromatic carbocycles. The lowest BCUT2D eigenvalue weighted by molar-refractivity contribution is 0.0930. The normalized spacial score (nSPS) is 12.6. The number of H-pyrrole nitrogens is 1. The smallest absolute Gasteiger partial charge is 0.267 e. The van der Waals surface area contributed by atoms with Crippen molar-refractivity contribution in [3.05, 3.63) is 34.4 Å². The number of halogens is 1. The number of fused-ring (bicyclic) bond motifs is 1. The minimum absolute atomic E-state index is 0.0441. The molecular weight excluding hydrogens is 296 g/mol. The molecule has 96 valence electrons. The highest BCUT2D eigenvalue weighted by Crippen LogP contribution is 2.24. The van der Waals surface area contributed by atoms with Crippen molar-refractivity contribution < 1.29 is 9.90 Å². The highest BCUT2D eigenvalue weighted by atomic mass is 79.9. The van der Waals surface area contributed by atoms with Gasteiger partial charge in [-0.1, -0.05) is 22.0 Å². The van der Waals surface area contributed by atoms with Gasteiger partial charge in [0.2, 0.25) is 0 Å². The van der Waals surface area contributed by atoms with Gasteiger partial charge in [0.05, 0.1) is 0 Å². The van der Waals surface area contributed by atoms with E-state index in [2.05, 4.69) is 26.2 Å². The van der Waals surface area contributed by atoms with Crippen molar-refractivity contribution in [2.75, 3.05) is 6.61 Å². The third-order valence-corrected chi connectivity index (χ3v) is 3.49. The highest BCUT2D eigenvalue weighted by Gasteiger charge is 2.12. The van der Waals surface area contributed by atoms with Gasteiger partial charge < -0.3 is 15.4 Å². The quantitative estimate of drug-likeness (QED) is 0.812. The fourth-order valence-corrected chi connectivity index (χ4v) is 2.29. The molecule has 2 aromatic rings.